The standard InChI is InChI=1S/C19H31NO/c1-14-10-9-11-15(2)16(14)20-17(18(3,4)5)19(21)12-7-6-8-13-19/h9-11,17,20-21H,6-8,12-13H2,1-5H3. The van der Waals surface area contributed by atoms with Crippen molar-refractivity contribution in [1.82, 2.24) is 0 Å². The van der Waals surface area contributed by atoms with Crippen molar-refractivity contribution in [1.29, 1.82) is 0 Å². The number of aliphatic hydroxyl groups is 1. The third-order valence-corrected chi connectivity index (χ3v) is 4.89. The zero-order chi connectivity index (χ0) is 15.7. The molecule has 2 rings (SSSR count). The molecule has 0 saturated heterocycles. The molecule has 2 heteroatoms. The summed E-state index contributed by atoms with van der Waals surface area (Å²) < 4.78 is 0. The highest BCUT2D eigenvalue weighted by atomic mass is 16.3. The van der Waals surface area contributed by atoms with E-state index in [1.807, 2.05) is 0 Å². The minimum Gasteiger partial charge on any atom is -0.388 e. The van der Waals surface area contributed by atoms with Crippen molar-refractivity contribution < 1.29 is 5.11 Å². The summed E-state index contributed by atoms with van der Waals surface area (Å²) in [5.74, 6) is 0. The Morgan fingerprint density at radius 2 is 1.57 bits per heavy atom. The van der Waals surface area contributed by atoms with Gasteiger partial charge in [-0.1, -0.05) is 58.2 Å². The Balaban J connectivity index is 2.33. The van der Waals surface area contributed by atoms with E-state index in [4.69, 9.17) is 0 Å². The molecule has 0 amide bonds. The Hall–Kier alpha value is -1.02. The molecule has 0 bridgehead atoms. The van der Waals surface area contributed by atoms with Crippen molar-refractivity contribution in [3.8, 4) is 0 Å². The molecule has 1 aromatic carbocycles. The Morgan fingerprint density at radius 3 is 2.05 bits per heavy atom. The molecule has 0 aromatic heterocycles. The van der Waals surface area contributed by atoms with Gasteiger partial charge in [0.2, 0.25) is 0 Å². The van der Waals surface area contributed by atoms with Crippen LogP contribution < -0.4 is 5.32 Å². The van der Waals surface area contributed by atoms with Gasteiger partial charge in [0.25, 0.3) is 0 Å². The van der Waals surface area contributed by atoms with E-state index < -0.39 is 5.60 Å². The first kappa shape index (κ1) is 16.4. The number of hydrogen-bond acceptors (Lipinski definition) is 2. The summed E-state index contributed by atoms with van der Waals surface area (Å²) in [6, 6.07) is 6.45. The molecule has 0 heterocycles. The number of para-hydroxylation sites is 1. The Bertz CT molecular complexity index is 461. The minimum absolute atomic E-state index is 0.0147. The Morgan fingerprint density at radius 1 is 1.05 bits per heavy atom. The molecular weight excluding hydrogens is 258 g/mol. The van der Waals surface area contributed by atoms with E-state index in [0.29, 0.717) is 0 Å². The molecule has 118 valence electrons. The zero-order valence-corrected chi connectivity index (χ0v) is 14.3. The number of rotatable bonds is 3. The first-order valence-corrected chi connectivity index (χ1v) is 8.29. The molecule has 2 N–H and O–H groups in total. The van der Waals surface area contributed by atoms with Crippen LogP contribution in [0.15, 0.2) is 18.2 Å². The number of hydrogen-bond donors (Lipinski definition) is 2. The molecule has 2 nitrogen and oxygen atoms in total. The maximum Gasteiger partial charge on any atom is 0.0852 e. The van der Waals surface area contributed by atoms with Crippen LogP contribution in [0.25, 0.3) is 0 Å². The lowest BCUT2D eigenvalue weighted by molar-refractivity contribution is -0.0414. The lowest BCUT2D eigenvalue weighted by Crippen LogP contribution is -2.55. The summed E-state index contributed by atoms with van der Waals surface area (Å²) in [4.78, 5) is 0. The molecular formula is C19H31NO. The predicted octanol–water partition coefficient (Wildman–Crippen LogP) is 4.83. The van der Waals surface area contributed by atoms with Crippen LogP contribution in [0.4, 0.5) is 5.69 Å². The molecule has 1 aliphatic rings. The fourth-order valence-corrected chi connectivity index (χ4v) is 3.80. The topological polar surface area (TPSA) is 32.3 Å². The van der Waals surface area contributed by atoms with Crippen LogP contribution in [-0.4, -0.2) is 16.7 Å². The highest BCUT2D eigenvalue weighted by Gasteiger charge is 2.44. The smallest absolute Gasteiger partial charge is 0.0852 e. The van der Waals surface area contributed by atoms with Gasteiger partial charge in [-0.2, -0.15) is 0 Å². The third kappa shape index (κ3) is 3.60. The van der Waals surface area contributed by atoms with Crippen LogP contribution in [-0.2, 0) is 0 Å². The second-order valence-electron chi connectivity index (χ2n) is 7.87. The monoisotopic (exact) mass is 289 g/mol. The Kier molecular flexibility index (Phi) is 4.67. The van der Waals surface area contributed by atoms with Gasteiger partial charge in [-0.05, 0) is 43.2 Å². The van der Waals surface area contributed by atoms with Gasteiger partial charge in [0.05, 0.1) is 11.6 Å². The largest absolute Gasteiger partial charge is 0.388 e. The summed E-state index contributed by atoms with van der Waals surface area (Å²) in [5, 5.41) is 15.0. The summed E-state index contributed by atoms with van der Waals surface area (Å²) in [6.45, 7) is 11.0. The Labute approximate surface area is 130 Å². The minimum atomic E-state index is -0.592. The number of nitrogens with one attached hydrogen (secondary N) is 1. The molecule has 1 aromatic rings. The molecule has 0 aliphatic heterocycles. The first-order valence-electron chi connectivity index (χ1n) is 8.29. The van der Waals surface area contributed by atoms with E-state index in [-0.39, 0.29) is 11.5 Å². The number of benzene rings is 1. The SMILES string of the molecule is Cc1cccc(C)c1NC(C(C)(C)C)C1(O)CCCCC1. The van der Waals surface area contributed by atoms with Gasteiger partial charge < -0.3 is 10.4 Å². The van der Waals surface area contributed by atoms with Gasteiger partial charge in [-0.25, -0.2) is 0 Å². The van der Waals surface area contributed by atoms with Crippen molar-refractivity contribution in [3.05, 3.63) is 29.3 Å². The molecule has 0 spiro atoms. The molecule has 1 fully saturated rings. The predicted molar refractivity (Wildman–Crippen MR) is 90.8 cm³/mol. The van der Waals surface area contributed by atoms with Crippen LogP contribution >= 0.6 is 0 Å². The van der Waals surface area contributed by atoms with E-state index in [1.165, 1.54) is 23.2 Å². The quantitative estimate of drug-likeness (QED) is 0.835. The number of anilines is 1. The van der Waals surface area contributed by atoms with Gasteiger partial charge in [-0.3, -0.25) is 0 Å². The molecule has 1 aliphatic carbocycles. The average molecular weight is 289 g/mol. The van der Waals surface area contributed by atoms with E-state index in [2.05, 4.69) is 58.1 Å². The van der Waals surface area contributed by atoms with Crippen molar-refractivity contribution in [2.75, 3.05) is 5.32 Å². The van der Waals surface area contributed by atoms with Crippen molar-refractivity contribution in [2.45, 2.75) is 78.4 Å². The second kappa shape index (κ2) is 6.00. The van der Waals surface area contributed by atoms with E-state index >= 15 is 0 Å². The van der Waals surface area contributed by atoms with Gasteiger partial charge in [0.1, 0.15) is 0 Å². The molecule has 1 unspecified atom stereocenters. The van der Waals surface area contributed by atoms with Crippen molar-refractivity contribution >= 4 is 5.69 Å². The van der Waals surface area contributed by atoms with Crippen LogP contribution in [0.5, 0.6) is 0 Å². The third-order valence-electron chi connectivity index (χ3n) is 4.89. The van der Waals surface area contributed by atoms with Gasteiger partial charge in [-0.15, -0.1) is 0 Å². The van der Waals surface area contributed by atoms with Crippen LogP contribution in [0.2, 0.25) is 0 Å². The second-order valence-corrected chi connectivity index (χ2v) is 7.87. The normalized spacial score (nSPS) is 20.1. The van der Waals surface area contributed by atoms with E-state index in [1.54, 1.807) is 0 Å². The lowest BCUT2D eigenvalue weighted by atomic mass is 9.69. The highest BCUT2D eigenvalue weighted by Crippen LogP contribution is 2.40. The fourth-order valence-electron chi connectivity index (χ4n) is 3.80. The van der Waals surface area contributed by atoms with E-state index in [0.717, 1.165) is 25.7 Å². The lowest BCUT2D eigenvalue weighted by Gasteiger charge is -2.47. The van der Waals surface area contributed by atoms with Gasteiger partial charge in [0.15, 0.2) is 0 Å². The number of aryl methyl sites for hydroxylation is 2. The van der Waals surface area contributed by atoms with Crippen LogP contribution in [0.1, 0.15) is 64.0 Å². The average Bonchev–Trinajstić information content (AvgIpc) is 2.37. The van der Waals surface area contributed by atoms with Crippen LogP contribution in [0, 0.1) is 19.3 Å². The zero-order valence-electron chi connectivity index (χ0n) is 14.3. The fraction of sp³-hybridized carbons (Fsp3) is 0.684. The highest BCUT2D eigenvalue weighted by molar-refractivity contribution is 5.57. The maximum atomic E-state index is 11.2. The van der Waals surface area contributed by atoms with Crippen molar-refractivity contribution in [3.63, 3.8) is 0 Å². The first-order chi connectivity index (χ1) is 9.74. The molecule has 0 radical (unpaired) electrons. The molecule has 21 heavy (non-hydrogen) atoms. The van der Waals surface area contributed by atoms with E-state index in [9.17, 15) is 5.11 Å². The van der Waals surface area contributed by atoms with Crippen LogP contribution in [0.3, 0.4) is 0 Å². The summed E-state index contributed by atoms with van der Waals surface area (Å²) in [5.41, 5.74) is 3.12. The van der Waals surface area contributed by atoms with Crippen molar-refractivity contribution in [2.24, 2.45) is 5.41 Å². The molecule has 1 saturated carbocycles. The van der Waals surface area contributed by atoms with Gasteiger partial charge in [0, 0.05) is 5.69 Å². The summed E-state index contributed by atoms with van der Waals surface area (Å²) >= 11 is 0. The molecule has 1 atom stereocenters. The van der Waals surface area contributed by atoms with Gasteiger partial charge >= 0.3 is 0 Å². The summed E-state index contributed by atoms with van der Waals surface area (Å²) in [7, 11) is 0. The maximum absolute atomic E-state index is 11.2. The summed E-state index contributed by atoms with van der Waals surface area (Å²) in [6.07, 6.45) is 5.34.